The Kier molecular flexibility index (Phi) is 3.55. The molecule has 0 aliphatic carbocycles. The maximum atomic E-state index is 11.3. The van der Waals surface area contributed by atoms with E-state index in [1.54, 1.807) is 6.92 Å². The van der Waals surface area contributed by atoms with E-state index < -0.39 is 21.1 Å². The van der Waals surface area contributed by atoms with Crippen molar-refractivity contribution in [2.45, 2.75) is 19.0 Å². The van der Waals surface area contributed by atoms with Crippen LogP contribution in [-0.4, -0.2) is 31.0 Å². The van der Waals surface area contributed by atoms with Crippen LogP contribution < -0.4 is 5.14 Å². The van der Waals surface area contributed by atoms with E-state index in [0.29, 0.717) is 0 Å². The Morgan fingerprint density at radius 2 is 2.19 bits per heavy atom. The summed E-state index contributed by atoms with van der Waals surface area (Å²) in [6.45, 7) is 3.35. The first-order valence-electron chi connectivity index (χ1n) is 4.39. The summed E-state index contributed by atoms with van der Waals surface area (Å²) in [7, 11) is -3.95. The lowest BCUT2D eigenvalue weighted by atomic mass is 10.2. The molecule has 1 aromatic heterocycles. The second kappa shape index (κ2) is 4.54. The van der Waals surface area contributed by atoms with Gasteiger partial charge < -0.3 is 4.74 Å². The van der Waals surface area contributed by atoms with Crippen LogP contribution in [0.25, 0.3) is 0 Å². The van der Waals surface area contributed by atoms with Gasteiger partial charge in [-0.15, -0.1) is 0 Å². The quantitative estimate of drug-likeness (QED) is 0.573. The third kappa shape index (κ3) is 2.74. The zero-order valence-corrected chi connectivity index (χ0v) is 9.61. The van der Waals surface area contributed by atoms with Gasteiger partial charge in [0.05, 0.1) is 17.9 Å². The van der Waals surface area contributed by atoms with Crippen LogP contribution >= 0.6 is 0 Å². The van der Waals surface area contributed by atoms with Gasteiger partial charge in [0.25, 0.3) is 15.2 Å². The Morgan fingerprint density at radius 1 is 1.56 bits per heavy atom. The third-order valence-corrected chi connectivity index (χ3v) is 2.41. The predicted octanol–water partition coefficient (Wildman–Crippen LogP) is -0.391. The maximum absolute atomic E-state index is 11.3. The highest BCUT2D eigenvalue weighted by Crippen LogP contribution is 2.08. The first-order chi connectivity index (χ1) is 7.36. The number of ether oxygens (including phenoxy) is 1. The number of carbonyl (C=O) groups excluding carboxylic acids is 1. The number of carbonyl (C=O) groups is 1. The molecule has 0 amide bonds. The maximum Gasteiger partial charge on any atom is 0.341 e. The van der Waals surface area contributed by atoms with Crippen molar-refractivity contribution in [3.8, 4) is 0 Å². The predicted molar refractivity (Wildman–Crippen MR) is 54.1 cm³/mol. The van der Waals surface area contributed by atoms with E-state index in [2.05, 4.69) is 9.97 Å². The molecule has 1 aromatic rings. The summed E-state index contributed by atoms with van der Waals surface area (Å²) in [5.41, 5.74) is 0.326. The van der Waals surface area contributed by atoms with E-state index in [4.69, 9.17) is 9.88 Å². The summed E-state index contributed by atoms with van der Waals surface area (Å²) < 4.78 is 26.6. The number of hydrogen-bond acceptors (Lipinski definition) is 6. The van der Waals surface area contributed by atoms with Crippen LogP contribution in [0.15, 0.2) is 11.4 Å². The molecule has 0 aliphatic rings. The Bertz CT molecular complexity index is 512. The fraction of sp³-hybridized carbons (Fsp3) is 0.375. The van der Waals surface area contributed by atoms with Crippen LogP contribution in [0.5, 0.6) is 0 Å². The molecule has 88 valence electrons. The van der Waals surface area contributed by atoms with E-state index in [9.17, 15) is 13.2 Å². The van der Waals surface area contributed by atoms with Gasteiger partial charge in [-0.1, -0.05) is 0 Å². The average Bonchev–Trinajstić information content (AvgIpc) is 2.16. The molecule has 0 saturated heterocycles. The molecule has 2 N–H and O–H groups in total. The highest BCUT2D eigenvalue weighted by atomic mass is 32.2. The minimum absolute atomic E-state index is 0.120. The van der Waals surface area contributed by atoms with Gasteiger partial charge in [-0.25, -0.2) is 28.3 Å². The molecule has 0 saturated carbocycles. The van der Waals surface area contributed by atoms with Crippen molar-refractivity contribution in [2.75, 3.05) is 6.61 Å². The molecule has 8 heteroatoms. The number of primary sulfonamides is 1. The smallest absolute Gasteiger partial charge is 0.341 e. The molecule has 0 fully saturated rings. The topological polar surface area (TPSA) is 112 Å². The highest BCUT2D eigenvalue weighted by Gasteiger charge is 2.17. The molecular formula is C8H11N3O4S. The SMILES string of the molecule is CCOC(=O)c1cnc(S(N)(=O)=O)nc1C. The second-order valence-corrected chi connectivity index (χ2v) is 4.37. The Hall–Kier alpha value is -1.54. The molecule has 0 atom stereocenters. The Balaban J connectivity index is 3.15. The summed E-state index contributed by atoms with van der Waals surface area (Å²) in [5.74, 6) is -0.596. The zero-order chi connectivity index (χ0) is 12.3. The summed E-state index contributed by atoms with van der Waals surface area (Å²) in [6.07, 6.45) is 1.08. The van der Waals surface area contributed by atoms with Gasteiger partial charge in [0.2, 0.25) is 0 Å². The molecule has 0 aromatic carbocycles. The lowest BCUT2D eigenvalue weighted by Crippen LogP contribution is -2.18. The van der Waals surface area contributed by atoms with Gasteiger partial charge in [0.15, 0.2) is 0 Å². The first-order valence-corrected chi connectivity index (χ1v) is 5.94. The Morgan fingerprint density at radius 3 is 2.62 bits per heavy atom. The van der Waals surface area contributed by atoms with Crippen molar-refractivity contribution >= 4 is 16.0 Å². The second-order valence-electron chi connectivity index (χ2n) is 2.92. The lowest BCUT2D eigenvalue weighted by Gasteiger charge is -2.04. The van der Waals surface area contributed by atoms with E-state index in [0.717, 1.165) is 6.20 Å². The number of aryl methyl sites for hydroxylation is 1. The summed E-state index contributed by atoms with van der Waals surface area (Å²) in [4.78, 5) is 18.5. The van der Waals surface area contributed by atoms with Crippen LogP contribution in [0.2, 0.25) is 0 Å². The number of hydrogen-bond donors (Lipinski definition) is 1. The lowest BCUT2D eigenvalue weighted by molar-refractivity contribution is 0.0524. The van der Waals surface area contributed by atoms with Crippen molar-refractivity contribution in [2.24, 2.45) is 5.14 Å². The minimum Gasteiger partial charge on any atom is -0.462 e. The summed E-state index contributed by atoms with van der Waals surface area (Å²) in [6, 6.07) is 0. The van der Waals surface area contributed by atoms with Gasteiger partial charge in [-0.2, -0.15) is 0 Å². The number of rotatable bonds is 3. The standard InChI is InChI=1S/C8H11N3O4S/c1-3-15-7(12)6-4-10-8(11-5(6)2)16(9,13)14/h4H,3H2,1-2H3,(H2,9,13,14). The van der Waals surface area contributed by atoms with Crippen LogP contribution in [-0.2, 0) is 14.8 Å². The number of nitrogens with zero attached hydrogens (tertiary/aromatic N) is 2. The highest BCUT2D eigenvalue weighted by molar-refractivity contribution is 7.89. The normalized spacial score (nSPS) is 11.2. The number of sulfonamides is 1. The largest absolute Gasteiger partial charge is 0.462 e. The van der Waals surface area contributed by atoms with E-state index in [1.165, 1.54) is 6.92 Å². The van der Waals surface area contributed by atoms with Gasteiger partial charge >= 0.3 is 5.97 Å². The van der Waals surface area contributed by atoms with Gasteiger partial charge in [0, 0.05) is 6.20 Å². The van der Waals surface area contributed by atoms with E-state index >= 15 is 0 Å². The fourth-order valence-electron chi connectivity index (χ4n) is 0.992. The van der Waals surface area contributed by atoms with Crippen LogP contribution in [0, 0.1) is 6.92 Å². The summed E-state index contributed by atoms with van der Waals surface area (Å²) in [5, 5.41) is 4.33. The number of esters is 1. The van der Waals surface area contributed by atoms with E-state index in [1.807, 2.05) is 0 Å². The molecule has 1 heterocycles. The zero-order valence-electron chi connectivity index (χ0n) is 8.80. The van der Waals surface area contributed by atoms with Crippen molar-refractivity contribution in [1.82, 2.24) is 9.97 Å². The van der Waals surface area contributed by atoms with E-state index in [-0.39, 0.29) is 17.9 Å². The van der Waals surface area contributed by atoms with Crippen LogP contribution in [0.1, 0.15) is 23.0 Å². The van der Waals surface area contributed by atoms with Crippen molar-refractivity contribution < 1.29 is 17.9 Å². The van der Waals surface area contributed by atoms with Crippen molar-refractivity contribution in [1.29, 1.82) is 0 Å². The van der Waals surface area contributed by atoms with Gasteiger partial charge in [-0.3, -0.25) is 0 Å². The summed E-state index contributed by atoms with van der Waals surface area (Å²) >= 11 is 0. The van der Waals surface area contributed by atoms with Gasteiger partial charge in [-0.05, 0) is 13.8 Å². The Labute approximate surface area is 92.7 Å². The first kappa shape index (κ1) is 12.5. The number of nitrogens with two attached hydrogens (primary N) is 1. The third-order valence-electron chi connectivity index (χ3n) is 1.71. The van der Waals surface area contributed by atoms with Crippen molar-refractivity contribution in [3.05, 3.63) is 17.5 Å². The monoisotopic (exact) mass is 245 g/mol. The number of aromatic nitrogens is 2. The van der Waals surface area contributed by atoms with Crippen LogP contribution in [0.4, 0.5) is 0 Å². The average molecular weight is 245 g/mol. The molecular weight excluding hydrogens is 234 g/mol. The van der Waals surface area contributed by atoms with Gasteiger partial charge in [0.1, 0.15) is 0 Å². The molecule has 16 heavy (non-hydrogen) atoms. The fourth-order valence-corrected chi connectivity index (χ4v) is 1.46. The molecule has 7 nitrogen and oxygen atoms in total. The molecule has 1 rings (SSSR count). The molecule has 0 unspecified atom stereocenters. The van der Waals surface area contributed by atoms with Crippen LogP contribution in [0.3, 0.4) is 0 Å². The molecule has 0 bridgehead atoms. The molecule has 0 spiro atoms. The van der Waals surface area contributed by atoms with Crippen molar-refractivity contribution in [3.63, 3.8) is 0 Å². The molecule has 0 radical (unpaired) electrons. The minimum atomic E-state index is -3.95. The molecule has 0 aliphatic heterocycles.